The fourth-order valence-electron chi connectivity index (χ4n) is 2.45. The standard InChI is InChI=1S/C17H23N5O2/c1-11(18-8-13-9-22(21-20-13)17(2,3)4)12-5-6-15-14(7-12)19-16(23)10-24-15/h5-7,9,11,18H,8,10H2,1-4H3,(H,19,23)/t11-/m0/s1. The Balaban J connectivity index is 1.65. The molecule has 0 unspecified atom stereocenters. The number of amides is 1. The van der Waals surface area contributed by atoms with Gasteiger partial charge in [-0.15, -0.1) is 5.10 Å². The highest BCUT2D eigenvalue weighted by Crippen LogP contribution is 2.30. The second-order valence-corrected chi connectivity index (χ2v) is 7.02. The Morgan fingerprint density at radius 1 is 1.42 bits per heavy atom. The highest BCUT2D eigenvalue weighted by Gasteiger charge is 2.18. The molecule has 7 nitrogen and oxygen atoms in total. The summed E-state index contributed by atoms with van der Waals surface area (Å²) in [5.41, 5.74) is 2.61. The molecule has 24 heavy (non-hydrogen) atoms. The van der Waals surface area contributed by atoms with Gasteiger partial charge in [0.05, 0.1) is 23.1 Å². The smallest absolute Gasteiger partial charge is 0.262 e. The maximum absolute atomic E-state index is 11.4. The van der Waals surface area contributed by atoms with Crippen molar-refractivity contribution < 1.29 is 9.53 Å². The molecule has 7 heteroatoms. The lowest BCUT2D eigenvalue weighted by Crippen LogP contribution is -2.26. The van der Waals surface area contributed by atoms with Crippen LogP contribution in [0.3, 0.4) is 0 Å². The Labute approximate surface area is 141 Å². The van der Waals surface area contributed by atoms with E-state index in [0.717, 1.165) is 16.9 Å². The van der Waals surface area contributed by atoms with Crippen LogP contribution in [-0.2, 0) is 16.9 Å². The lowest BCUT2D eigenvalue weighted by atomic mass is 10.1. The third-order valence-corrected chi connectivity index (χ3v) is 3.95. The predicted molar refractivity (Wildman–Crippen MR) is 90.8 cm³/mol. The zero-order valence-electron chi connectivity index (χ0n) is 14.5. The molecule has 2 N–H and O–H groups in total. The van der Waals surface area contributed by atoms with Crippen molar-refractivity contribution in [2.45, 2.75) is 45.8 Å². The number of aromatic nitrogens is 3. The van der Waals surface area contributed by atoms with E-state index >= 15 is 0 Å². The van der Waals surface area contributed by atoms with Crippen LogP contribution in [0.15, 0.2) is 24.4 Å². The number of carbonyl (C=O) groups is 1. The topological polar surface area (TPSA) is 81.1 Å². The Kier molecular flexibility index (Phi) is 4.28. The second-order valence-electron chi connectivity index (χ2n) is 7.02. The number of fused-ring (bicyclic) bond motifs is 1. The average molecular weight is 329 g/mol. The highest BCUT2D eigenvalue weighted by molar-refractivity contribution is 5.95. The zero-order valence-corrected chi connectivity index (χ0v) is 14.5. The molecule has 0 spiro atoms. The third kappa shape index (κ3) is 3.56. The van der Waals surface area contributed by atoms with E-state index in [9.17, 15) is 4.79 Å². The first-order valence-electron chi connectivity index (χ1n) is 8.04. The number of hydrogen-bond donors (Lipinski definition) is 2. The van der Waals surface area contributed by atoms with E-state index in [1.807, 2.05) is 29.1 Å². The molecule has 1 aromatic heterocycles. The van der Waals surface area contributed by atoms with Crippen molar-refractivity contribution >= 4 is 11.6 Å². The van der Waals surface area contributed by atoms with Crippen LogP contribution in [0.4, 0.5) is 5.69 Å². The summed E-state index contributed by atoms with van der Waals surface area (Å²) in [5.74, 6) is 0.581. The molecule has 2 heterocycles. The maximum atomic E-state index is 11.4. The predicted octanol–water partition coefficient (Wildman–Crippen LogP) is 2.21. The first-order chi connectivity index (χ1) is 11.3. The van der Waals surface area contributed by atoms with E-state index in [1.165, 1.54) is 0 Å². The molecule has 1 aliphatic heterocycles. The average Bonchev–Trinajstić information content (AvgIpc) is 3.01. The van der Waals surface area contributed by atoms with Gasteiger partial charge < -0.3 is 15.4 Å². The lowest BCUT2D eigenvalue weighted by molar-refractivity contribution is -0.118. The number of carbonyl (C=O) groups excluding carboxylic acids is 1. The molecule has 1 aliphatic rings. The molecular weight excluding hydrogens is 306 g/mol. The van der Waals surface area contributed by atoms with Crippen LogP contribution < -0.4 is 15.4 Å². The van der Waals surface area contributed by atoms with Gasteiger partial charge in [0.1, 0.15) is 5.75 Å². The molecule has 0 saturated heterocycles. The van der Waals surface area contributed by atoms with E-state index in [2.05, 4.69) is 48.6 Å². The number of anilines is 1. The van der Waals surface area contributed by atoms with Crippen LogP contribution in [0.2, 0.25) is 0 Å². The quantitative estimate of drug-likeness (QED) is 0.899. The molecule has 1 atom stereocenters. The largest absolute Gasteiger partial charge is 0.482 e. The van der Waals surface area contributed by atoms with Crippen LogP contribution in [0.1, 0.15) is 45.0 Å². The molecule has 1 amide bonds. The van der Waals surface area contributed by atoms with Crippen LogP contribution >= 0.6 is 0 Å². The molecule has 0 bridgehead atoms. The first-order valence-corrected chi connectivity index (χ1v) is 8.04. The molecule has 1 aromatic carbocycles. The zero-order chi connectivity index (χ0) is 17.3. The minimum Gasteiger partial charge on any atom is -0.482 e. The summed E-state index contributed by atoms with van der Waals surface area (Å²) in [7, 11) is 0. The number of rotatable bonds is 4. The summed E-state index contributed by atoms with van der Waals surface area (Å²) < 4.78 is 7.24. The summed E-state index contributed by atoms with van der Waals surface area (Å²) in [6.07, 6.45) is 1.96. The van der Waals surface area contributed by atoms with Gasteiger partial charge in [0.2, 0.25) is 0 Å². The van der Waals surface area contributed by atoms with Gasteiger partial charge >= 0.3 is 0 Å². The van der Waals surface area contributed by atoms with Gasteiger partial charge in [-0.2, -0.15) is 0 Å². The molecule has 0 radical (unpaired) electrons. The molecule has 128 valence electrons. The first kappa shape index (κ1) is 16.4. The fraction of sp³-hybridized carbons (Fsp3) is 0.471. The van der Waals surface area contributed by atoms with Crippen molar-refractivity contribution in [3.8, 4) is 5.75 Å². The van der Waals surface area contributed by atoms with E-state index < -0.39 is 0 Å². The fourth-order valence-corrected chi connectivity index (χ4v) is 2.45. The van der Waals surface area contributed by atoms with Gasteiger partial charge in [-0.1, -0.05) is 11.3 Å². The number of nitrogens with zero attached hydrogens (tertiary/aromatic N) is 3. The summed E-state index contributed by atoms with van der Waals surface area (Å²) in [4.78, 5) is 11.4. The van der Waals surface area contributed by atoms with Gasteiger partial charge in [-0.3, -0.25) is 4.79 Å². The van der Waals surface area contributed by atoms with Gasteiger partial charge in [-0.25, -0.2) is 4.68 Å². The number of ether oxygens (including phenoxy) is 1. The number of benzene rings is 1. The second kappa shape index (κ2) is 6.24. The van der Waals surface area contributed by atoms with Crippen LogP contribution in [0.25, 0.3) is 0 Å². The Hall–Kier alpha value is -2.41. The summed E-state index contributed by atoms with van der Waals surface area (Å²) in [6.45, 7) is 9.03. The minimum atomic E-state index is -0.126. The Morgan fingerprint density at radius 3 is 2.92 bits per heavy atom. The number of nitrogens with one attached hydrogen (secondary N) is 2. The summed E-state index contributed by atoms with van der Waals surface area (Å²) >= 11 is 0. The van der Waals surface area contributed by atoms with Crippen molar-refractivity contribution in [3.63, 3.8) is 0 Å². The van der Waals surface area contributed by atoms with Gasteiger partial charge in [0, 0.05) is 12.6 Å². The van der Waals surface area contributed by atoms with Crippen molar-refractivity contribution in [1.29, 1.82) is 0 Å². The van der Waals surface area contributed by atoms with E-state index in [4.69, 9.17) is 4.74 Å². The van der Waals surface area contributed by atoms with E-state index in [1.54, 1.807) is 0 Å². The van der Waals surface area contributed by atoms with Crippen LogP contribution in [0, 0.1) is 0 Å². The third-order valence-electron chi connectivity index (χ3n) is 3.95. The summed E-state index contributed by atoms with van der Waals surface area (Å²) in [6, 6.07) is 5.93. The maximum Gasteiger partial charge on any atom is 0.262 e. The summed E-state index contributed by atoms with van der Waals surface area (Å²) in [5, 5.41) is 14.6. The molecule has 3 rings (SSSR count). The van der Waals surface area contributed by atoms with Gasteiger partial charge in [0.25, 0.3) is 5.91 Å². The van der Waals surface area contributed by atoms with Crippen molar-refractivity contribution in [2.75, 3.05) is 11.9 Å². The van der Waals surface area contributed by atoms with E-state index in [-0.39, 0.29) is 24.1 Å². The normalized spacial score (nSPS) is 15.4. The Bertz CT molecular complexity index is 748. The van der Waals surface area contributed by atoms with Crippen LogP contribution in [-0.4, -0.2) is 27.5 Å². The Morgan fingerprint density at radius 2 is 2.21 bits per heavy atom. The molecule has 2 aromatic rings. The minimum absolute atomic E-state index is 0.0730. The van der Waals surface area contributed by atoms with Crippen molar-refractivity contribution in [3.05, 3.63) is 35.7 Å². The monoisotopic (exact) mass is 329 g/mol. The molecular formula is C17H23N5O2. The highest BCUT2D eigenvalue weighted by atomic mass is 16.5. The SMILES string of the molecule is C[C@H](NCc1cn(C(C)(C)C)nn1)c1ccc2c(c1)NC(=O)CO2. The van der Waals surface area contributed by atoms with Crippen LogP contribution in [0.5, 0.6) is 5.75 Å². The van der Waals surface area contributed by atoms with Crippen molar-refractivity contribution in [1.82, 2.24) is 20.3 Å². The molecule has 0 fully saturated rings. The lowest BCUT2D eigenvalue weighted by Gasteiger charge is -2.20. The molecule has 0 saturated carbocycles. The van der Waals surface area contributed by atoms with Crippen molar-refractivity contribution in [2.24, 2.45) is 0 Å². The molecule has 0 aliphatic carbocycles. The van der Waals surface area contributed by atoms with E-state index in [0.29, 0.717) is 12.3 Å². The van der Waals surface area contributed by atoms with Gasteiger partial charge in [0.15, 0.2) is 6.61 Å². The number of hydrogen-bond acceptors (Lipinski definition) is 5. The van der Waals surface area contributed by atoms with Gasteiger partial charge in [-0.05, 0) is 45.4 Å².